The molecule has 0 bridgehead atoms. The topological polar surface area (TPSA) is 26.3 Å². The number of ether oxygens (including phenoxy) is 1. The average molecular weight is 329 g/mol. The van der Waals surface area contributed by atoms with Gasteiger partial charge in [0.2, 0.25) is 0 Å². The molecule has 1 aliphatic rings. The van der Waals surface area contributed by atoms with Crippen molar-refractivity contribution in [1.82, 2.24) is 0 Å². The molecule has 2 aromatic rings. The van der Waals surface area contributed by atoms with Gasteiger partial charge in [-0.15, -0.1) is 0 Å². The summed E-state index contributed by atoms with van der Waals surface area (Å²) in [6.07, 6.45) is -0.300. The largest absolute Gasteiger partial charge is 0.453 e. The van der Waals surface area contributed by atoms with Crippen LogP contribution in [0.4, 0.5) is 0 Å². The summed E-state index contributed by atoms with van der Waals surface area (Å²) < 4.78 is 6.51. The van der Waals surface area contributed by atoms with E-state index in [1.807, 2.05) is 54.6 Å². The Morgan fingerprint density at radius 1 is 0.950 bits per heavy atom. The number of cyclic esters (lactones) is 1. The number of hydrogen-bond donors (Lipinski definition) is 0. The van der Waals surface area contributed by atoms with Crippen molar-refractivity contribution in [2.24, 2.45) is 0 Å². The molecule has 1 saturated heterocycles. The molecule has 0 amide bonds. The van der Waals surface area contributed by atoms with Crippen molar-refractivity contribution in [2.75, 3.05) is 0 Å². The Bertz CT molecular complexity index is 646. The van der Waals surface area contributed by atoms with Crippen LogP contribution in [-0.2, 0) is 9.53 Å². The number of hydrogen-bond acceptors (Lipinski definition) is 2. The van der Waals surface area contributed by atoms with Crippen LogP contribution in [0.1, 0.15) is 23.1 Å². The highest BCUT2D eigenvalue weighted by Gasteiger charge is 2.40. The van der Waals surface area contributed by atoms with Crippen molar-refractivity contribution in [3.05, 3.63) is 82.3 Å². The van der Waals surface area contributed by atoms with Gasteiger partial charge < -0.3 is 4.74 Å². The molecule has 1 heterocycles. The fourth-order valence-electron chi connectivity index (χ4n) is 2.52. The smallest absolute Gasteiger partial charge is 0.334 e. The molecule has 3 heteroatoms. The molecule has 0 saturated carbocycles. The normalized spacial score (nSPS) is 21.9. The van der Waals surface area contributed by atoms with Crippen LogP contribution in [-0.4, -0.2) is 5.97 Å². The third-order valence-corrected chi connectivity index (χ3v) is 4.06. The van der Waals surface area contributed by atoms with Crippen LogP contribution in [0.5, 0.6) is 0 Å². The molecule has 0 aliphatic carbocycles. The van der Waals surface area contributed by atoms with Gasteiger partial charge in [0.1, 0.15) is 6.10 Å². The highest BCUT2D eigenvalue weighted by Crippen LogP contribution is 2.45. The summed E-state index contributed by atoms with van der Waals surface area (Å²) in [5.41, 5.74) is 2.55. The zero-order chi connectivity index (χ0) is 14.1. The lowest BCUT2D eigenvalue weighted by Crippen LogP contribution is -2.06. The van der Waals surface area contributed by atoms with Crippen molar-refractivity contribution in [1.29, 1.82) is 0 Å². The van der Waals surface area contributed by atoms with Gasteiger partial charge in [-0.3, -0.25) is 0 Å². The number of halogens is 1. The molecular formula is C17H13BrO2. The minimum absolute atomic E-state index is 0.120. The Morgan fingerprint density at radius 3 is 2.25 bits per heavy atom. The predicted octanol–water partition coefficient (Wildman–Crippen LogP) is 4.39. The first-order valence-corrected chi connectivity index (χ1v) is 7.16. The first-order chi connectivity index (χ1) is 9.66. The van der Waals surface area contributed by atoms with E-state index < -0.39 is 0 Å². The third kappa shape index (κ3) is 2.29. The third-order valence-electron chi connectivity index (χ3n) is 3.53. The van der Waals surface area contributed by atoms with Crippen LogP contribution in [0.3, 0.4) is 0 Å². The summed E-state index contributed by atoms with van der Waals surface area (Å²) in [5, 5.41) is 0. The Hall–Kier alpha value is -1.87. The van der Waals surface area contributed by atoms with Gasteiger partial charge in [0, 0.05) is 10.0 Å². The molecule has 20 heavy (non-hydrogen) atoms. The van der Waals surface area contributed by atoms with Crippen LogP contribution in [0.2, 0.25) is 0 Å². The lowest BCUT2D eigenvalue weighted by Gasteiger charge is -2.18. The van der Waals surface area contributed by atoms with Crippen LogP contribution in [0.15, 0.2) is 71.2 Å². The average Bonchev–Trinajstić information content (AvgIpc) is 2.77. The predicted molar refractivity (Wildman–Crippen MR) is 81.3 cm³/mol. The molecule has 0 spiro atoms. The van der Waals surface area contributed by atoms with E-state index >= 15 is 0 Å². The van der Waals surface area contributed by atoms with E-state index in [-0.39, 0.29) is 18.0 Å². The van der Waals surface area contributed by atoms with Crippen molar-refractivity contribution < 1.29 is 9.53 Å². The van der Waals surface area contributed by atoms with Gasteiger partial charge in [0.25, 0.3) is 0 Å². The minimum Gasteiger partial charge on any atom is -0.453 e. The summed E-state index contributed by atoms with van der Waals surface area (Å²) in [6.45, 7) is 3.90. The zero-order valence-corrected chi connectivity index (χ0v) is 12.3. The van der Waals surface area contributed by atoms with Crippen molar-refractivity contribution >= 4 is 21.9 Å². The Balaban J connectivity index is 2.02. The second-order valence-corrected chi connectivity index (χ2v) is 5.71. The first kappa shape index (κ1) is 13.1. The molecule has 0 aromatic heterocycles. The molecule has 0 radical (unpaired) electrons. The second kappa shape index (κ2) is 5.25. The number of carbonyl (C=O) groups is 1. The van der Waals surface area contributed by atoms with E-state index in [1.54, 1.807) is 0 Å². The number of carbonyl (C=O) groups excluding carboxylic acids is 1. The molecule has 2 aromatic carbocycles. The van der Waals surface area contributed by atoms with Crippen LogP contribution in [0, 0.1) is 0 Å². The zero-order valence-electron chi connectivity index (χ0n) is 10.8. The SMILES string of the molecule is C=C1C(=O)OC(c2ccc(Br)cc2)C1c1ccccc1. The fraction of sp³-hybridized carbons (Fsp3) is 0.118. The molecule has 1 aliphatic heterocycles. The van der Waals surface area contributed by atoms with E-state index in [0.717, 1.165) is 15.6 Å². The summed E-state index contributed by atoms with van der Waals surface area (Å²) in [6, 6.07) is 17.7. The highest BCUT2D eigenvalue weighted by molar-refractivity contribution is 9.10. The number of esters is 1. The molecule has 0 N–H and O–H groups in total. The van der Waals surface area contributed by atoms with Gasteiger partial charge in [-0.1, -0.05) is 65.0 Å². The van der Waals surface area contributed by atoms with Crippen molar-refractivity contribution in [3.63, 3.8) is 0 Å². The van der Waals surface area contributed by atoms with Gasteiger partial charge in [-0.2, -0.15) is 0 Å². The van der Waals surface area contributed by atoms with Crippen LogP contribution >= 0.6 is 15.9 Å². The minimum atomic E-state index is -0.313. The maximum absolute atomic E-state index is 11.9. The Labute approximate surface area is 126 Å². The van der Waals surface area contributed by atoms with E-state index in [1.165, 1.54) is 0 Å². The van der Waals surface area contributed by atoms with Gasteiger partial charge in [0.05, 0.1) is 5.92 Å². The van der Waals surface area contributed by atoms with E-state index in [4.69, 9.17) is 4.74 Å². The Morgan fingerprint density at radius 2 is 1.60 bits per heavy atom. The first-order valence-electron chi connectivity index (χ1n) is 6.37. The maximum atomic E-state index is 11.9. The standard InChI is InChI=1S/C17H13BrO2/c1-11-15(12-5-3-2-4-6-12)16(20-17(11)19)13-7-9-14(18)10-8-13/h2-10,15-16H,1H2. The number of rotatable bonds is 2. The van der Waals surface area contributed by atoms with Gasteiger partial charge >= 0.3 is 5.97 Å². The molecule has 1 fully saturated rings. The highest BCUT2D eigenvalue weighted by atomic mass is 79.9. The van der Waals surface area contributed by atoms with E-state index in [0.29, 0.717) is 5.57 Å². The van der Waals surface area contributed by atoms with Crippen molar-refractivity contribution in [2.45, 2.75) is 12.0 Å². The maximum Gasteiger partial charge on any atom is 0.334 e. The fourth-order valence-corrected chi connectivity index (χ4v) is 2.78. The summed E-state index contributed by atoms with van der Waals surface area (Å²) in [7, 11) is 0. The van der Waals surface area contributed by atoms with Gasteiger partial charge in [0.15, 0.2) is 0 Å². The molecular weight excluding hydrogens is 316 g/mol. The van der Waals surface area contributed by atoms with Gasteiger partial charge in [-0.25, -0.2) is 4.79 Å². The number of benzene rings is 2. The van der Waals surface area contributed by atoms with E-state index in [2.05, 4.69) is 22.5 Å². The van der Waals surface area contributed by atoms with Gasteiger partial charge in [-0.05, 0) is 23.3 Å². The molecule has 100 valence electrons. The second-order valence-electron chi connectivity index (χ2n) is 4.79. The molecule has 2 unspecified atom stereocenters. The van der Waals surface area contributed by atoms with Crippen LogP contribution < -0.4 is 0 Å². The van der Waals surface area contributed by atoms with Crippen LogP contribution in [0.25, 0.3) is 0 Å². The monoisotopic (exact) mass is 328 g/mol. The van der Waals surface area contributed by atoms with E-state index in [9.17, 15) is 4.79 Å². The quantitative estimate of drug-likeness (QED) is 0.603. The lowest BCUT2D eigenvalue weighted by molar-refractivity contribution is -0.139. The summed E-state index contributed by atoms with van der Waals surface area (Å²) >= 11 is 3.41. The molecule has 3 rings (SSSR count). The lowest BCUT2D eigenvalue weighted by atomic mass is 9.86. The Kier molecular flexibility index (Phi) is 3.45. The summed E-state index contributed by atoms with van der Waals surface area (Å²) in [5.74, 6) is -0.434. The molecule has 2 atom stereocenters. The molecule has 2 nitrogen and oxygen atoms in total. The van der Waals surface area contributed by atoms with Crippen molar-refractivity contribution in [3.8, 4) is 0 Å². The summed E-state index contributed by atoms with van der Waals surface area (Å²) in [4.78, 5) is 11.9.